The van der Waals surface area contributed by atoms with Crippen LogP contribution < -0.4 is 10.6 Å². The van der Waals surface area contributed by atoms with Gasteiger partial charge in [0.05, 0.1) is 6.61 Å². The van der Waals surface area contributed by atoms with E-state index < -0.39 is 0 Å². The SMILES string of the molecule is CCOC(=O)N1CCC(NC(=NC)NCC(CC)N2CCCC2)CC1. The third kappa shape index (κ3) is 6.06. The van der Waals surface area contributed by atoms with Crippen LogP contribution in [-0.2, 0) is 4.74 Å². The normalized spacial score (nSPS) is 21.2. The standard InChI is InChI=1S/C18H35N5O2/c1-4-16(22-10-6-7-11-22)14-20-17(19-3)21-15-8-12-23(13-9-15)18(24)25-5-2/h15-16H,4-14H2,1-3H3,(H2,19,20,21). The molecule has 1 amide bonds. The summed E-state index contributed by atoms with van der Waals surface area (Å²) in [5.74, 6) is 0.868. The lowest BCUT2D eigenvalue weighted by Crippen LogP contribution is -2.52. The van der Waals surface area contributed by atoms with Crippen LogP contribution in [0.1, 0.15) is 46.0 Å². The van der Waals surface area contributed by atoms with Gasteiger partial charge in [0.25, 0.3) is 0 Å². The third-order valence-electron chi connectivity index (χ3n) is 5.22. The van der Waals surface area contributed by atoms with Gasteiger partial charge in [-0.25, -0.2) is 4.79 Å². The zero-order chi connectivity index (χ0) is 18.1. The summed E-state index contributed by atoms with van der Waals surface area (Å²) < 4.78 is 5.07. The highest BCUT2D eigenvalue weighted by molar-refractivity contribution is 5.80. The maximum atomic E-state index is 11.8. The van der Waals surface area contributed by atoms with Crippen LogP contribution in [0.25, 0.3) is 0 Å². The minimum atomic E-state index is -0.195. The van der Waals surface area contributed by atoms with Crippen molar-refractivity contribution >= 4 is 12.1 Å². The minimum absolute atomic E-state index is 0.195. The molecule has 0 aromatic rings. The fourth-order valence-electron chi connectivity index (χ4n) is 3.66. The topological polar surface area (TPSA) is 69.2 Å². The van der Waals surface area contributed by atoms with Crippen molar-refractivity contribution in [2.24, 2.45) is 4.99 Å². The van der Waals surface area contributed by atoms with Crippen LogP contribution in [0.3, 0.4) is 0 Å². The Morgan fingerprint density at radius 1 is 1.20 bits per heavy atom. The Bertz CT molecular complexity index is 429. The van der Waals surface area contributed by atoms with Gasteiger partial charge in [0, 0.05) is 38.8 Å². The maximum absolute atomic E-state index is 11.8. The summed E-state index contributed by atoms with van der Waals surface area (Å²) in [4.78, 5) is 20.5. The van der Waals surface area contributed by atoms with Gasteiger partial charge in [0.1, 0.15) is 0 Å². The van der Waals surface area contributed by atoms with Gasteiger partial charge in [-0.3, -0.25) is 9.89 Å². The molecule has 2 saturated heterocycles. The first-order valence-electron chi connectivity index (χ1n) is 9.80. The van der Waals surface area contributed by atoms with Crippen LogP contribution in [0.2, 0.25) is 0 Å². The largest absolute Gasteiger partial charge is 0.450 e. The summed E-state index contributed by atoms with van der Waals surface area (Å²) >= 11 is 0. The molecule has 2 aliphatic heterocycles. The average Bonchev–Trinajstić information content (AvgIpc) is 3.16. The van der Waals surface area contributed by atoms with Crippen molar-refractivity contribution in [1.82, 2.24) is 20.4 Å². The molecule has 1 atom stereocenters. The Hall–Kier alpha value is -1.50. The molecule has 7 heteroatoms. The Balaban J connectivity index is 1.72. The van der Waals surface area contributed by atoms with E-state index in [0.717, 1.165) is 44.9 Å². The van der Waals surface area contributed by atoms with Crippen LogP contribution in [-0.4, -0.2) is 80.3 Å². The van der Waals surface area contributed by atoms with E-state index in [1.54, 1.807) is 4.90 Å². The van der Waals surface area contributed by atoms with Crippen molar-refractivity contribution in [2.75, 3.05) is 46.4 Å². The molecule has 1 unspecified atom stereocenters. The number of nitrogens with one attached hydrogen (secondary N) is 2. The first-order valence-corrected chi connectivity index (χ1v) is 9.80. The molecular weight excluding hydrogens is 318 g/mol. The Morgan fingerprint density at radius 3 is 2.44 bits per heavy atom. The fraction of sp³-hybridized carbons (Fsp3) is 0.889. The van der Waals surface area contributed by atoms with Gasteiger partial charge in [-0.1, -0.05) is 6.92 Å². The van der Waals surface area contributed by atoms with Crippen LogP contribution in [0.5, 0.6) is 0 Å². The Labute approximate surface area is 152 Å². The van der Waals surface area contributed by atoms with Crippen molar-refractivity contribution in [3.05, 3.63) is 0 Å². The van der Waals surface area contributed by atoms with E-state index in [-0.39, 0.29) is 6.09 Å². The lowest BCUT2D eigenvalue weighted by molar-refractivity contribution is 0.0963. The molecule has 0 saturated carbocycles. The second-order valence-corrected chi connectivity index (χ2v) is 6.86. The van der Waals surface area contributed by atoms with Crippen molar-refractivity contribution in [1.29, 1.82) is 0 Å². The van der Waals surface area contributed by atoms with Crippen LogP contribution in [0.4, 0.5) is 4.79 Å². The molecule has 2 N–H and O–H groups in total. The van der Waals surface area contributed by atoms with E-state index in [1.165, 1.54) is 25.9 Å². The zero-order valence-electron chi connectivity index (χ0n) is 16.1. The molecule has 0 aromatic heterocycles. The molecule has 0 spiro atoms. The highest BCUT2D eigenvalue weighted by Crippen LogP contribution is 2.14. The number of likely N-dealkylation sites (tertiary alicyclic amines) is 2. The van der Waals surface area contributed by atoms with E-state index in [2.05, 4.69) is 27.4 Å². The lowest BCUT2D eigenvalue weighted by atomic mass is 10.1. The number of ether oxygens (including phenoxy) is 1. The first-order chi connectivity index (χ1) is 12.2. The summed E-state index contributed by atoms with van der Waals surface area (Å²) in [6, 6.07) is 0.926. The smallest absolute Gasteiger partial charge is 0.409 e. The van der Waals surface area contributed by atoms with Crippen molar-refractivity contribution in [3.63, 3.8) is 0 Å². The molecule has 25 heavy (non-hydrogen) atoms. The quantitative estimate of drug-likeness (QED) is 0.561. The van der Waals surface area contributed by atoms with Gasteiger partial charge in [-0.2, -0.15) is 0 Å². The molecule has 144 valence electrons. The number of nitrogens with zero attached hydrogens (tertiary/aromatic N) is 3. The number of hydrogen-bond donors (Lipinski definition) is 2. The van der Waals surface area contributed by atoms with Gasteiger partial charge in [-0.15, -0.1) is 0 Å². The predicted molar refractivity (Wildman–Crippen MR) is 101 cm³/mol. The highest BCUT2D eigenvalue weighted by atomic mass is 16.6. The Morgan fingerprint density at radius 2 is 1.88 bits per heavy atom. The van der Waals surface area contributed by atoms with E-state index in [1.807, 2.05) is 14.0 Å². The van der Waals surface area contributed by atoms with E-state index in [0.29, 0.717) is 18.7 Å². The minimum Gasteiger partial charge on any atom is -0.450 e. The van der Waals surface area contributed by atoms with Gasteiger partial charge in [0.15, 0.2) is 5.96 Å². The zero-order valence-corrected chi connectivity index (χ0v) is 16.1. The number of carbonyl (C=O) groups is 1. The summed E-state index contributed by atoms with van der Waals surface area (Å²) in [6.45, 7) is 9.37. The molecule has 0 aromatic carbocycles. The number of guanidine groups is 1. The second-order valence-electron chi connectivity index (χ2n) is 6.86. The van der Waals surface area contributed by atoms with Crippen molar-refractivity contribution < 1.29 is 9.53 Å². The number of hydrogen-bond acceptors (Lipinski definition) is 4. The van der Waals surface area contributed by atoms with Gasteiger partial charge in [0.2, 0.25) is 0 Å². The monoisotopic (exact) mass is 353 g/mol. The molecule has 2 rings (SSSR count). The first kappa shape index (κ1) is 19.8. The molecular formula is C18H35N5O2. The lowest BCUT2D eigenvalue weighted by Gasteiger charge is -2.33. The van der Waals surface area contributed by atoms with Crippen LogP contribution in [0, 0.1) is 0 Å². The molecule has 2 fully saturated rings. The Kier molecular flexibility index (Phi) is 8.31. The number of aliphatic imine (C=N–C) groups is 1. The molecule has 2 aliphatic rings. The molecule has 0 aliphatic carbocycles. The highest BCUT2D eigenvalue weighted by Gasteiger charge is 2.25. The third-order valence-corrected chi connectivity index (χ3v) is 5.22. The summed E-state index contributed by atoms with van der Waals surface area (Å²) in [6.07, 6.45) is 5.44. The van der Waals surface area contributed by atoms with E-state index >= 15 is 0 Å². The summed E-state index contributed by atoms with van der Waals surface area (Å²) in [5.41, 5.74) is 0. The summed E-state index contributed by atoms with van der Waals surface area (Å²) in [7, 11) is 1.82. The molecule has 7 nitrogen and oxygen atoms in total. The molecule has 0 bridgehead atoms. The van der Waals surface area contributed by atoms with Gasteiger partial charge in [-0.05, 0) is 52.1 Å². The van der Waals surface area contributed by atoms with Gasteiger partial charge >= 0.3 is 6.09 Å². The van der Waals surface area contributed by atoms with E-state index in [4.69, 9.17) is 4.74 Å². The van der Waals surface area contributed by atoms with Crippen molar-refractivity contribution in [2.45, 2.75) is 58.0 Å². The van der Waals surface area contributed by atoms with Crippen LogP contribution >= 0.6 is 0 Å². The molecule has 0 radical (unpaired) electrons. The van der Waals surface area contributed by atoms with E-state index in [9.17, 15) is 4.79 Å². The maximum Gasteiger partial charge on any atom is 0.409 e. The predicted octanol–water partition coefficient (Wildman–Crippen LogP) is 1.65. The fourth-order valence-corrected chi connectivity index (χ4v) is 3.66. The average molecular weight is 354 g/mol. The number of rotatable bonds is 6. The molecule has 2 heterocycles. The summed E-state index contributed by atoms with van der Waals surface area (Å²) in [5, 5.41) is 7.00. The van der Waals surface area contributed by atoms with Crippen molar-refractivity contribution in [3.8, 4) is 0 Å². The number of carbonyl (C=O) groups excluding carboxylic acids is 1. The number of amides is 1. The van der Waals surface area contributed by atoms with Gasteiger partial charge < -0.3 is 20.3 Å². The number of piperidine rings is 1. The van der Waals surface area contributed by atoms with Crippen LogP contribution in [0.15, 0.2) is 4.99 Å². The second kappa shape index (κ2) is 10.5.